The lowest BCUT2D eigenvalue weighted by Gasteiger charge is -2.31. The molecule has 8 heteroatoms. The maximum absolute atomic E-state index is 14.3. The molecule has 0 N–H and O–H groups in total. The monoisotopic (exact) mass is 426 g/mol. The summed E-state index contributed by atoms with van der Waals surface area (Å²) in [6, 6.07) is 14.2. The van der Waals surface area contributed by atoms with Crippen molar-refractivity contribution < 1.29 is 21.8 Å². The quantitative estimate of drug-likeness (QED) is 0.255. The molecule has 0 spiro atoms. The summed E-state index contributed by atoms with van der Waals surface area (Å²) in [4.78, 5) is 5.10. The van der Waals surface area contributed by atoms with E-state index in [0.717, 1.165) is 16.9 Å². The Kier molecular flexibility index (Phi) is 5.89. The van der Waals surface area contributed by atoms with Crippen molar-refractivity contribution in [2.24, 2.45) is 4.99 Å². The zero-order valence-corrected chi connectivity index (χ0v) is 16.2. The number of hydrogen-bond donors (Lipinski definition) is 0. The van der Waals surface area contributed by atoms with Crippen LogP contribution in [0.4, 0.5) is 33.2 Å². The van der Waals surface area contributed by atoms with Crippen LogP contribution in [0, 0.1) is 17.5 Å². The van der Waals surface area contributed by atoms with E-state index in [2.05, 4.69) is 4.99 Å². The third-order valence-electron chi connectivity index (χ3n) is 5.03. The molecule has 0 radical (unpaired) electrons. The minimum atomic E-state index is -2.94. The highest BCUT2D eigenvalue weighted by molar-refractivity contribution is 6.52. The van der Waals surface area contributed by atoms with Crippen molar-refractivity contribution in [2.75, 3.05) is 4.81 Å². The van der Waals surface area contributed by atoms with Crippen LogP contribution in [0.1, 0.15) is 17.5 Å². The topological polar surface area (TPSA) is 15.6 Å². The van der Waals surface area contributed by atoms with E-state index in [0.29, 0.717) is 35.2 Å². The standard InChI is InChI=1S/C23H16BF5N2/c25-17-3-8-20(9-4-17)30-14-16-2-1-15-13-19(27)7-12-22(15)23(16)31(24(28)29)21-10-5-18(26)6-11-21/h3-14H,1-2H2. The van der Waals surface area contributed by atoms with Crippen LogP contribution >= 0.6 is 0 Å². The van der Waals surface area contributed by atoms with Gasteiger partial charge in [0.05, 0.1) is 5.69 Å². The molecule has 31 heavy (non-hydrogen) atoms. The summed E-state index contributed by atoms with van der Waals surface area (Å²) in [5.41, 5.74) is 2.29. The smallest absolute Gasteiger partial charge is 0.325 e. The maximum Gasteiger partial charge on any atom is 0.678 e. The van der Waals surface area contributed by atoms with Gasteiger partial charge in [-0.3, -0.25) is 13.6 Å². The molecule has 0 bridgehead atoms. The molecule has 0 atom stereocenters. The molecule has 4 rings (SSSR count). The second-order valence-corrected chi connectivity index (χ2v) is 7.03. The van der Waals surface area contributed by atoms with E-state index in [1.807, 2.05) is 0 Å². The molecule has 1 aliphatic rings. The molecule has 0 heterocycles. The largest absolute Gasteiger partial charge is 0.678 e. The van der Waals surface area contributed by atoms with E-state index < -0.39 is 24.9 Å². The third-order valence-corrected chi connectivity index (χ3v) is 5.03. The van der Waals surface area contributed by atoms with Gasteiger partial charge >= 0.3 is 7.40 Å². The fourth-order valence-corrected chi connectivity index (χ4v) is 3.59. The molecule has 0 fully saturated rings. The fraction of sp³-hybridized carbons (Fsp3) is 0.0870. The number of allylic oxidation sites excluding steroid dienone is 1. The molecule has 3 aromatic carbocycles. The number of anilines is 1. The Morgan fingerprint density at radius 1 is 0.774 bits per heavy atom. The first-order valence-electron chi connectivity index (χ1n) is 9.57. The lowest BCUT2D eigenvalue weighted by atomic mass is 9.86. The van der Waals surface area contributed by atoms with Crippen LogP contribution in [0.3, 0.4) is 0 Å². The number of nitrogens with zero attached hydrogens (tertiary/aromatic N) is 2. The Hall–Kier alpha value is -3.42. The van der Waals surface area contributed by atoms with Gasteiger partial charge < -0.3 is 4.81 Å². The Morgan fingerprint density at radius 3 is 2.03 bits per heavy atom. The van der Waals surface area contributed by atoms with Gasteiger partial charge in [-0.05, 0) is 90.7 Å². The van der Waals surface area contributed by atoms with Crippen molar-refractivity contribution in [1.82, 2.24) is 0 Å². The zero-order valence-electron chi connectivity index (χ0n) is 16.2. The summed E-state index contributed by atoms with van der Waals surface area (Å²) < 4.78 is 68.8. The lowest BCUT2D eigenvalue weighted by molar-refractivity contribution is 0.624. The van der Waals surface area contributed by atoms with Crippen molar-refractivity contribution in [2.45, 2.75) is 12.8 Å². The molecular formula is C23H16BF5N2. The highest BCUT2D eigenvalue weighted by Gasteiger charge is 2.34. The summed E-state index contributed by atoms with van der Waals surface area (Å²) in [6.07, 6.45) is 2.26. The molecule has 1 aliphatic carbocycles. The van der Waals surface area contributed by atoms with E-state index in [-0.39, 0.29) is 11.4 Å². The molecule has 0 unspecified atom stereocenters. The first kappa shape index (κ1) is 20.8. The lowest BCUT2D eigenvalue weighted by Crippen LogP contribution is -2.34. The normalized spacial score (nSPS) is 13.5. The maximum atomic E-state index is 14.3. The average Bonchev–Trinajstić information content (AvgIpc) is 2.75. The van der Waals surface area contributed by atoms with Gasteiger partial charge in [-0.2, -0.15) is 0 Å². The second-order valence-electron chi connectivity index (χ2n) is 7.03. The van der Waals surface area contributed by atoms with Gasteiger partial charge in [-0.25, -0.2) is 13.2 Å². The molecule has 3 aromatic rings. The summed E-state index contributed by atoms with van der Waals surface area (Å²) >= 11 is 0. The Balaban J connectivity index is 1.87. The van der Waals surface area contributed by atoms with Crippen molar-refractivity contribution in [3.63, 3.8) is 0 Å². The van der Waals surface area contributed by atoms with Gasteiger partial charge in [0.25, 0.3) is 0 Å². The minimum Gasteiger partial charge on any atom is -0.325 e. The summed E-state index contributed by atoms with van der Waals surface area (Å²) in [5.74, 6) is -1.41. The number of aryl methyl sites for hydroxylation is 1. The van der Waals surface area contributed by atoms with Gasteiger partial charge in [0.2, 0.25) is 0 Å². The molecule has 0 amide bonds. The molecule has 156 valence electrons. The van der Waals surface area contributed by atoms with Gasteiger partial charge in [0.15, 0.2) is 0 Å². The van der Waals surface area contributed by atoms with Crippen LogP contribution in [0.15, 0.2) is 77.3 Å². The Labute approximate surface area is 176 Å². The fourth-order valence-electron chi connectivity index (χ4n) is 3.59. The van der Waals surface area contributed by atoms with Crippen molar-refractivity contribution in [3.05, 3.63) is 101 Å². The van der Waals surface area contributed by atoms with Gasteiger partial charge in [0, 0.05) is 23.2 Å². The van der Waals surface area contributed by atoms with Crippen molar-refractivity contribution in [1.29, 1.82) is 0 Å². The highest BCUT2D eigenvalue weighted by atomic mass is 19.2. The van der Waals surface area contributed by atoms with E-state index in [4.69, 9.17) is 0 Å². The van der Waals surface area contributed by atoms with Crippen molar-refractivity contribution >= 4 is 30.7 Å². The number of rotatable bonds is 5. The molecular weight excluding hydrogens is 410 g/mol. The zero-order chi connectivity index (χ0) is 22.0. The summed E-state index contributed by atoms with van der Waals surface area (Å²) in [7, 11) is -2.94. The summed E-state index contributed by atoms with van der Waals surface area (Å²) in [5, 5.41) is 0. The molecule has 2 nitrogen and oxygen atoms in total. The van der Waals surface area contributed by atoms with Crippen LogP contribution in [0.25, 0.3) is 5.70 Å². The average molecular weight is 426 g/mol. The number of benzene rings is 3. The molecule has 0 saturated heterocycles. The third kappa shape index (κ3) is 4.53. The van der Waals surface area contributed by atoms with Gasteiger partial charge in [0.1, 0.15) is 17.5 Å². The van der Waals surface area contributed by atoms with Crippen molar-refractivity contribution in [3.8, 4) is 0 Å². The molecule has 0 saturated carbocycles. The Morgan fingerprint density at radius 2 is 1.39 bits per heavy atom. The predicted octanol–water partition coefficient (Wildman–Crippen LogP) is 6.59. The van der Waals surface area contributed by atoms with E-state index in [1.54, 1.807) is 0 Å². The van der Waals surface area contributed by atoms with Crippen LogP contribution < -0.4 is 4.81 Å². The van der Waals surface area contributed by atoms with E-state index >= 15 is 0 Å². The van der Waals surface area contributed by atoms with Crippen LogP contribution in [-0.4, -0.2) is 13.6 Å². The molecule has 0 aromatic heterocycles. The first-order valence-corrected chi connectivity index (χ1v) is 9.57. The van der Waals surface area contributed by atoms with Crippen LogP contribution in [0.2, 0.25) is 0 Å². The van der Waals surface area contributed by atoms with Gasteiger partial charge in [-0.1, -0.05) is 0 Å². The highest BCUT2D eigenvalue weighted by Crippen LogP contribution is 2.37. The molecule has 0 aliphatic heterocycles. The van der Waals surface area contributed by atoms with Crippen LogP contribution in [-0.2, 0) is 6.42 Å². The number of halogens is 5. The predicted molar refractivity (Wildman–Crippen MR) is 113 cm³/mol. The number of fused-ring (bicyclic) bond motifs is 1. The second kappa shape index (κ2) is 8.75. The van der Waals surface area contributed by atoms with E-state index in [9.17, 15) is 21.8 Å². The number of hydrogen-bond acceptors (Lipinski definition) is 2. The number of aliphatic imine (C=N–C) groups is 1. The van der Waals surface area contributed by atoms with Gasteiger partial charge in [-0.15, -0.1) is 0 Å². The summed E-state index contributed by atoms with van der Waals surface area (Å²) in [6.45, 7) is 0. The first-order chi connectivity index (χ1) is 14.9. The minimum absolute atomic E-state index is 0.0938. The van der Waals surface area contributed by atoms with E-state index in [1.165, 1.54) is 60.8 Å². The Bertz CT molecular complexity index is 1140. The SMILES string of the molecule is FB(F)N(C1=C(C=Nc2ccc(F)cc2)CCc2cc(F)ccc21)c1ccc(F)cc1. The van der Waals surface area contributed by atoms with Crippen LogP contribution in [0.5, 0.6) is 0 Å².